The van der Waals surface area contributed by atoms with Crippen molar-refractivity contribution >= 4 is 0 Å². The van der Waals surface area contributed by atoms with Gasteiger partial charge in [-0.15, -0.1) is 0 Å². The summed E-state index contributed by atoms with van der Waals surface area (Å²) in [5.41, 5.74) is -0.159. The highest BCUT2D eigenvalue weighted by Crippen LogP contribution is 2.20. The fourth-order valence-corrected chi connectivity index (χ4v) is 2.52. The van der Waals surface area contributed by atoms with Gasteiger partial charge >= 0.3 is 0 Å². The molecule has 1 N–H and O–H groups in total. The molecule has 1 fully saturated rings. The second-order valence-corrected chi connectivity index (χ2v) is 6.18. The van der Waals surface area contributed by atoms with Crippen LogP contribution in [0.3, 0.4) is 0 Å². The molecular weight excluding hydrogens is 222 g/mol. The minimum atomic E-state index is -0.159. The van der Waals surface area contributed by atoms with Gasteiger partial charge < -0.3 is 10.2 Å². The Bertz CT molecular complexity index is 259. The van der Waals surface area contributed by atoms with Crippen LogP contribution < -0.4 is 5.32 Å². The third-order valence-electron chi connectivity index (χ3n) is 4.05. The molecule has 0 spiro atoms. The first kappa shape index (κ1) is 15.5. The molecule has 1 heterocycles. The number of nitrogens with zero attached hydrogens (tertiary/aromatic N) is 2. The van der Waals surface area contributed by atoms with Gasteiger partial charge in [0.1, 0.15) is 0 Å². The van der Waals surface area contributed by atoms with Crippen LogP contribution in [0, 0.1) is 22.7 Å². The minimum absolute atomic E-state index is 0.159. The summed E-state index contributed by atoms with van der Waals surface area (Å²) in [7, 11) is 0. The molecule has 104 valence electrons. The smallest absolute Gasteiger partial charge is 0.0683 e. The van der Waals surface area contributed by atoms with Crippen LogP contribution in [0.15, 0.2) is 0 Å². The normalized spacial score (nSPS) is 18.8. The topological polar surface area (TPSA) is 39.1 Å². The van der Waals surface area contributed by atoms with Gasteiger partial charge in [-0.25, -0.2) is 0 Å². The average Bonchev–Trinajstić information content (AvgIpc) is 2.39. The molecule has 0 aromatic carbocycles. The molecule has 18 heavy (non-hydrogen) atoms. The highest BCUT2D eigenvalue weighted by atomic mass is 15.1. The summed E-state index contributed by atoms with van der Waals surface area (Å²) in [6, 6.07) is 2.36. The molecule has 0 aromatic heterocycles. The van der Waals surface area contributed by atoms with Gasteiger partial charge in [0.05, 0.1) is 11.5 Å². The average molecular weight is 251 g/mol. The van der Waals surface area contributed by atoms with Crippen molar-refractivity contribution in [2.75, 3.05) is 32.7 Å². The Morgan fingerprint density at radius 2 is 2.00 bits per heavy atom. The largest absolute Gasteiger partial charge is 0.316 e. The van der Waals surface area contributed by atoms with Crippen molar-refractivity contribution in [2.45, 2.75) is 46.5 Å². The van der Waals surface area contributed by atoms with E-state index in [4.69, 9.17) is 5.26 Å². The number of nitriles is 1. The summed E-state index contributed by atoms with van der Waals surface area (Å²) >= 11 is 0. The molecule has 0 bridgehead atoms. The SMILES string of the molecule is CCN1CCC(CNCCCC(C)(C)C#N)CC1. The molecule has 0 saturated carbocycles. The van der Waals surface area contributed by atoms with Crippen molar-refractivity contribution in [1.29, 1.82) is 5.26 Å². The number of hydrogen-bond donors (Lipinski definition) is 1. The lowest BCUT2D eigenvalue weighted by atomic mass is 9.90. The molecular formula is C15H29N3. The summed E-state index contributed by atoms with van der Waals surface area (Å²) in [6.45, 7) is 12.2. The predicted molar refractivity (Wildman–Crippen MR) is 76.3 cm³/mol. The van der Waals surface area contributed by atoms with E-state index >= 15 is 0 Å². The molecule has 1 aliphatic rings. The van der Waals surface area contributed by atoms with Crippen molar-refractivity contribution < 1.29 is 0 Å². The molecule has 1 rings (SSSR count). The van der Waals surface area contributed by atoms with E-state index in [9.17, 15) is 0 Å². The van der Waals surface area contributed by atoms with Crippen LogP contribution in [-0.2, 0) is 0 Å². The fraction of sp³-hybridized carbons (Fsp3) is 0.933. The highest BCUT2D eigenvalue weighted by molar-refractivity contribution is 4.91. The maximum atomic E-state index is 8.93. The monoisotopic (exact) mass is 251 g/mol. The Kier molecular flexibility index (Phi) is 6.67. The van der Waals surface area contributed by atoms with Gasteiger partial charge in [0, 0.05) is 0 Å². The van der Waals surface area contributed by atoms with E-state index in [1.807, 2.05) is 13.8 Å². The van der Waals surface area contributed by atoms with Gasteiger partial charge in [0.25, 0.3) is 0 Å². The third kappa shape index (κ3) is 5.84. The van der Waals surface area contributed by atoms with E-state index in [2.05, 4.69) is 23.2 Å². The van der Waals surface area contributed by atoms with E-state index in [1.165, 1.54) is 32.5 Å². The number of hydrogen-bond acceptors (Lipinski definition) is 3. The maximum absolute atomic E-state index is 8.93. The van der Waals surface area contributed by atoms with Crippen molar-refractivity contribution in [3.63, 3.8) is 0 Å². The molecule has 0 aliphatic carbocycles. The zero-order valence-electron chi connectivity index (χ0n) is 12.3. The third-order valence-corrected chi connectivity index (χ3v) is 4.05. The van der Waals surface area contributed by atoms with Crippen LogP contribution in [-0.4, -0.2) is 37.6 Å². The maximum Gasteiger partial charge on any atom is 0.0683 e. The van der Waals surface area contributed by atoms with Crippen molar-refractivity contribution in [3.05, 3.63) is 0 Å². The Morgan fingerprint density at radius 1 is 1.33 bits per heavy atom. The highest BCUT2D eigenvalue weighted by Gasteiger charge is 2.18. The summed E-state index contributed by atoms with van der Waals surface area (Å²) < 4.78 is 0. The fourth-order valence-electron chi connectivity index (χ4n) is 2.52. The first-order chi connectivity index (χ1) is 8.57. The predicted octanol–water partition coefficient (Wildman–Crippen LogP) is 2.64. The van der Waals surface area contributed by atoms with Crippen molar-refractivity contribution in [1.82, 2.24) is 10.2 Å². The summed E-state index contributed by atoms with van der Waals surface area (Å²) in [5.74, 6) is 0.858. The van der Waals surface area contributed by atoms with Crippen molar-refractivity contribution in [3.8, 4) is 6.07 Å². The second kappa shape index (κ2) is 7.76. The minimum Gasteiger partial charge on any atom is -0.316 e. The molecule has 0 unspecified atom stereocenters. The van der Waals surface area contributed by atoms with Crippen LogP contribution in [0.4, 0.5) is 0 Å². The van der Waals surface area contributed by atoms with Gasteiger partial charge in [-0.2, -0.15) is 5.26 Å². The van der Waals surface area contributed by atoms with Gasteiger partial charge in [-0.1, -0.05) is 6.92 Å². The molecule has 1 aliphatic heterocycles. The quantitative estimate of drug-likeness (QED) is 0.707. The van der Waals surface area contributed by atoms with E-state index in [-0.39, 0.29) is 5.41 Å². The first-order valence-corrected chi connectivity index (χ1v) is 7.41. The van der Waals surface area contributed by atoms with E-state index < -0.39 is 0 Å². The molecule has 0 amide bonds. The molecule has 1 saturated heterocycles. The van der Waals surface area contributed by atoms with Crippen molar-refractivity contribution in [2.24, 2.45) is 11.3 Å². The van der Waals surface area contributed by atoms with Gasteiger partial charge in [0.2, 0.25) is 0 Å². The Balaban J connectivity index is 2.01. The van der Waals surface area contributed by atoms with Gasteiger partial charge in [0.15, 0.2) is 0 Å². The molecule has 3 heteroatoms. The zero-order chi connectivity index (χ0) is 13.4. The number of nitrogens with one attached hydrogen (secondary N) is 1. The van der Waals surface area contributed by atoms with E-state index in [0.29, 0.717) is 0 Å². The van der Waals surface area contributed by atoms with Gasteiger partial charge in [-0.3, -0.25) is 0 Å². The summed E-state index contributed by atoms with van der Waals surface area (Å²) in [4.78, 5) is 2.53. The van der Waals surface area contributed by atoms with Crippen LogP contribution in [0.25, 0.3) is 0 Å². The molecule has 0 atom stereocenters. The Morgan fingerprint density at radius 3 is 2.56 bits per heavy atom. The van der Waals surface area contributed by atoms with Crippen LogP contribution in [0.1, 0.15) is 46.5 Å². The van der Waals surface area contributed by atoms with E-state index in [0.717, 1.165) is 31.8 Å². The van der Waals surface area contributed by atoms with Crippen LogP contribution in [0.5, 0.6) is 0 Å². The zero-order valence-corrected chi connectivity index (χ0v) is 12.3. The molecule has 0 aromatic rings. The lowest BCUT2D eigenvalue weighted by Crippen LogP contribution is -2.37. The Labute approximate surface area is 113 Å². The van der Waals surface area contributed by atoms with Gasteiger partial charge in [-0.05, 0) is 78.2 Å². The number of rotatable bonds is 7. The lowest BCUT2D eigenvalue weighted by molar-refractivity contribution is 0.190. The van der Waals surface area contributed by atoms with Crippen LogP contribution in [0.2, 0.25) is 0 Å². The van der Waals surface area contributed by atoms with Crippen LogP contribution >= 0.6 is 0 Å². The van der Waals surface area contributed by atoms with E-state index in [1.54, 1.807) is 0 Å². The second-order valence-electron chi connectivity index (χ2n) is 6.18. The Hall–Kier alpha value is -0.590. The summed E-state index contributed by atoms with van der Waals surface area (Å²) in [6.07, 6.45) is 4.77. The molecule has 0 radical (unpaired) electrons. The number of piperidine rings is 1. The lowest BCUT2D eigenvalue weighted by Gasteiger charge is -2.31. The molecule has 3 nitrogen and oxygen atoms in total. The standard InChI is InChI=1S/C15H29N3/c1-4-18-10-6-14(7-11-18)12-17-9-5-8-15(2,3)13-16/h14,17H,4-12H2,1-3H3. The number of likely N-dealkylation sites (tertiary alicyclic amines) is 1. The summed E-state index contributed by atoms with van der Waals surface area (Å²) in [5, 5.41) is 12.5. The first-order valence-electron chi connectivity index (χ1n) is 7.41.